The Kier molecular flexibility index (Phi) is 6.06. The maximum Gasteiger partial charge on any atom is 0.275 e. The maximum absolute atomic E-state index is 5.49. The zero-order valence-corrected chi connectivity index (χ0v) is 9.59. The van der Waals surface area contributed by atoms with Gasteiger partial charge in [-0.1, -0.05) is 11.3 Å². The van der Waals surface area contributed by atoms with Crippen LogP contribution in [0.4, 0.5) is 5.00 Å². The summed E-state index contributed by atoms with van der Waals surface area (Å²) >= 11 is 1.33. The lowest BCUT2D eigenvalue weighted by Crippen LogP contribution is -2.08. The Bertz CT molecular complexity index is 268. The minimum Gasteiger partial charge on any atom is -0.468 e. The molecule has 6 heteroatoms. The lowest BCUT2D eigenvalue weighted by Gasteiger charge is -2.03. The molecule has 0 unspecified atom stereocenters. The zero-order chi connectivity index (χ0) is 10.9. The summed E-state index contributed by atoms with van der Waals surface area (Å²) in [6.45, 7) is 2.48. The van der Waals surface area contributed by atoms with E-state index < -0.39 is 0 Å². The van der Waals surface area contributed by atoms with Gasteiger partial charge in [0, 0.05) is 20.3 Å². The molecule has 1 aromatic heterocycles. The van der Waals surface area contributed by atoms with Crippen LogP contribution < -0.4 is 10.5 Å². The molecule has 0 aliphatic rings. The number of nitrogens with two attached hydrogens (primary N) is 1. The highest BCUT2D eigenvalue weighted by atomic mass is 32.1. The van der Waals surface area contributed by atoms with Gasteiger partial charge in [0.05, 0.1) is 12.8 Å². The Morgan fingerprint density at radius 1 is 1.33 bits per heavy atom. The molecule has 0 aliphatic carbocycles. The molecule has 1 aromatic rings. The van der Waals surface area contributed by atoms with E-state index >= 15 is 0 Å². The predicted molar refractivity (Wildman–Crippen MR) is 59.3 cm³/mol. The Labute approximate surface area is 93.2 Å². The molecule has 2 N–H and O–H groups in total. The van der Waals surface area contributed by atoms with Gasteiger partial charge in [0.1, 0.15) is 11.6 Å². The minimum absolute atomic E-state index is 0.500. The molecule has 0 amide bonds. The molecule has 15 heavy (non-hydrogen) atoms. The molecule has 0 saturated carbocycles. The van der Waals surface area contributed by atoms with Crippen molar-refractivity contribution in [1.82, 2.24) is 4.98 Å². The first-order valence-corrected chi connectivity index (χ1v) is 5.55. The number of nitrogens with zero attached hydrogens (tertiary/aromatic N) is 1. The summed E-state index contributed by atoms with van der Waals surface area (Å²) in [6.07, 6.45) is 2.49. The normalized spacial score (nSPS) is 10.5. The fourth-order valence-corrected chi connectivity index (χ4v) is 1.49. The van der Waals surface area contributed by atoms with E-state index in [1.807, 2.05) is 0 Å². The molecule has 1 heterocycles. The molecule has 5 nitrogen and oxygen atoms in total. The van der Waals surface area contributed by atoms with Crippen LogP contribution in [0.15, 0.2) is 6.20 Å². The average Bonchev–Trinajstić information content (AvgIpc) is 2.63. The van der Waals surface area contributed by atoms with E-state index in [1.54, 1.807) is 13.3 Å². The molecule has 0 atom stereocenters. The molecule has 0 saturated heterocycles. The second-order valence-electron chi connectivity index (χ2n) is 2.84. The summed E-state index contributed by atoms with van der Waals surface area (Å²) in [4.78, 5) is 3.96. The molecule has 0 bridgehead atoms. The van der Waals surface area contributed by atoms with Gasteiger partial charge in [-0.25, -0.2) is 4.98 Å². The summed E-state index contributed by atoms with van der Waals surface area (Å²) < 4.78 is 15.5. The van der Waals surface area contributed by atoms with Gasteiger partial charge < -0.3 is 19.9 Å². The van der Waals surface area contributed by atoms with Crippen molar-refractivity contribution in [3.8, 4) is 5.19 Å². The van der Waals surface area contributed by atoms with Crippen molar-refractivity contribution in [2.75, 3.05) is 39.3 Å². The van der Waals surface area contributed by atoms with Crippen LogP contribution in [0.25, 0.3) is 0 Å². The lowest BCUT2D eigenvalue weighted by atomic mass is 10.5. The number of anilines is 1. The van der Waals surface area contributed by atoms with E-state index in [1.165, 1.54) is 11.3 Å². The maximum atomic E-state index is 5.49. The van der Waals surface area contributed by atoms with Crippen molar-refractivity contribution >= 4 is 16.3 Å². The van der Waals surface area contributed by atoms with Crippen molar-refractivity contribution < 1.29 is 14.2 Å². The Morgan fingerprint density at radius 2 is 2.20 bits per heavy atom. The van der Waals surface area contributed by atoms with Gasteiger partial charge in [0.15, 0.2) is 0 Å². The summed E-state index contributed by atoms with van der Waals surface area (Å²) in [7, 11) is 1.68. The van der Waals surface area contributed by atoms with Gasteiger partial charge >= 0.3 is 0 Å². The third kappa shape index (κ3) is 5.56. The minimum atomic E-state index is 0.500. The van der Waals surface area contributed by atoms with Crippen molar-refractivity contribution in [2.24, 2.45) is 0 Å². The summed E-state index contributed by atoms with van der Waals surface area (Å²) in [5, 5.41) is 1.25. The van der Waals surface area contributed by atoms with Crippen LogP contribution in [0.1, 0.15) is 6.42 Å². The highest BCUT2D eigenvalue weighted by Gasteiger charge is 1.98. The number of hydrogen-bond acceptors (Lipinski definition) is 6. The topological polar surface area (TPSA) is 66.6 Å². The molecule has 0 aromatic carbocycles. The molecule has 0 radical (unpaired) electrons. The number of thiazole rings is 1. The number of ether oxygens (including phenoxy) is 3. The Morgan fingerprint density at radius 3 is 2.87 bits per heavy atom. The highest BCUT2D eigenvalue weighted by Crippen LogP contribution is 2.21. The molecular weight excluding hydrogens is 216 g/mol. The van der Waals surface area contributed by atoms with Gasteiger partial charge in [-0.05, 0) is 6.42 Å². The van der Waals surface area contributed by atoms with Crippen molar-refractivity contribution in [1.29, 1.82) is 0 Å². The summed E-state index contributed by atoms with van der Waals surface area (Å²) in [6, 6.07) is 0. The SMILES string of the molecule is COCCCOCCOc1ncc(N)s1. The quantitative estimate of drug-likeness (QED) is 0.681. The largest absolute Gasteiger partial charge is 0.468 e. The van der Waals surface area contributed by atoms with Crippen LogP contribution in [0, 0.1) is 0 Å². The summed E-state index contributed by atoms with van der Waals surface area (Å²) in [5.74, 6) is 0. The Hall–Kier alpha value is -0.850. The van der Waals surface area contributed by atoms with Crippen LogP contribution in [0.3, 0.4) is 0 Å². The number of aromatic nitrogens is 1. The van der Waals surface area contributed by atoms with Crippen LogP contribution in [0.5, 0.6) is 5.19 Å². The molecular formula is C9H16N2O3S. The van der Waals surface area contributed by atoms with E-state index in [-0.39, 0.29) is 0 Å². The van der Waals surface area contributed by atoms with E-state index in [0.29, 0.717) is 30.0 Å². The number of rotatable bonds is 8. The first-order chi connectivity index (χ1) is 7.33. The van der Waals surface area contributed by atoms with Crippen molar-refractivity contribution in [3.63, 3.8) is 0 Å². The number of hydrogen-bond donors (Lipinski definition) is 1. The third-order valence-corrected chi connectivity index (χ3v) is 2.33. The number of nitrogen functional groups attached to an aromatic ring is 1. The fraction of sp³-hybridized carbons (Fsp3) is 0.667. The standard InChI is InChI=1S/C9H16N2O3S/c1-12-3-2-4-13-5-6-14-9-11-7-8(10)15-9/h7H,2-6,10H2,1H3. The molecule has 0 aliphatic heterocycles. The van der Waals surface area contributed by atoms with Gasteiger partial charge in [-0.3, -0.25) is 0 Å². The van der Waals surface area contributed by atoms with Crippen LogP contribution in [-0.2, 0) is 9.47 Å². The van der Waals surface area contributed by atoms with Gasteiger partial charge in [0.2, 0.25) is 0 Å². The molecule has 86 valence electrons. The van der Waals surface area contributed by atoms with E-state index in [4.69, 9.17) is 19.9 Å². The zero-order valence-electron chi connectivity index (χ0n) is 8.77. The molecule has 0 spiro atoms. The predicted octanol–water partition coefficient (Wildman–Crippen LogP) is 1.16. The second-order valence-corrected chi connectivity index (χ2v) is 3.86. The first-order valence-electron chi connectivity index (χ1n) is 4.73. The van der Waals surface area contributed by atoms with E-state index in [9.17, 15) is 0 Å². The van der Waals surface area contributed by atoms with E-state index in [0.717, 1.165) is 13.0 Å². The third-order valence-electron chi connectivity index (χ3n) is 1.59. The van der Waals surface area contributed by atoms with Gasteiger partial charge in [-0.15, -0.1) is 0 Å². The van der Waals surface area contributed by atoms with E-state index in [2.05, 4.69) is 4.98 Å². The van der Waals surface area contributed by atoms with Crippen LogP contribution in [0.2, 0.25) is 0 Å². The summed E-state index contributed by atoms with van der Waals surface area (Å²) in [5.41, 5.74) is 5.49. The van der Waals surface area contributed by atoms with Gasteiger partial charge in [-0.2, -0.15) is 0 Å². The highest BCUT2D eigenvalue weighted by molar-refractivity contribution is 7.17. The van der Waals surface area contributed by atoms with Crippen molar-refractivity contribution in [2.45, 2.75) is 6.42 Å². The van der Waals surface area contributed by atoms with Crippen LogP contribution in [-0.4, -0.2) is 38.5 Å². The molecule has 0 fully saturated rings. The molecule has 1 rings (SSSR count). The number of methoxy groups -OCH3 is 1. The fourth-order valence-electron chi connectivity index (χ4n) is 0.932. The second kappa shape index (κ2) is 7.44. The van der Waals surface area contributed by atoms with Crippen molar-refractivity contribution in [3.05, 3.63) is 6.20 Å². The Balaban J connectivity index is 1.93. The van der Waals surface area contributed by atoms with Gasteiger partial charge in [0.25, 0.3) is 5.19 Å². The first kappa shape index (κ1) is 12.2. The van der Waals surface area contributed by atoms with Crippen LogP contribution >= 0.6 is 11.3 Å². The lowest BCUT2D eigenvalue weighted by molar-refractivity contribution is 0.0806. The average molecular weight is 232 g/mol. The monoisotopic (exact) mass is 232 g/mol. The smallest absolute Gasteiger partial charge is 0.275 e.